The van der Waals surface area contributed by atoms with Crippen LogP contribution in [0.4, 0.5) is 0 Å². The molecule has 0 aliphatic carbocycles. The zero-order valence-corrected chi connectivity index (χ0v) is 13.5. The molecule has 0 N–H and O–H groups in total. The Kier molecular flexibility index (Phi) is 4.12. The summed E-state index contributed by atoms with van der Waals surface area (Å²) in [6, 6.07) is 14.9. The minimum absolute atomic E-state index is 0.355. The summed E-state index contributed by atoms with van der Waals surface area (Å²) in [5.41, 5.74) is 0.901. The van der Waals surface area contributed by atoms with Gasteiger partial charge >= 0.3 is 11.9 Å². The molecule has 0 aliphatic rings. The van der Waals surface area contributed by atoms with Gasteiger partial charge in [-0.05, 0) is 42.0 Å². The molecule has 1 aromatic heterocycles. The molecule has 0 radical (unpaired) electrons. The molecule has 23 heavy (non-hydrogen) atoms. The van der Waals surface area contributed by atoms with Gasteiger partial charge in [0.1, 0.15) is 5.75 Å². The van der Waals surface area contributed by atoms with Gasteiger partial charge in [-0.1, -0.05) is 12.1 Å². The van der Waals surface area contributed by atoms with Gasteiger partial charge in [0.25, 0.3) is 0 Å². The third kappa shape index (κ3) is 3.24. The minimum atomic E-state index is -0.361. The van der Waals surface area contributed by atoms with Crippen LogP contribution in [-0.4, -0.2) is 11.9 Å². The lowest BCUT2D eigenvalue weighted by Gasteiger charge is -2.06. The first-order valence-corrected chi connectivity index (χ1v) is 7.85. The fourth-order valence-electron chi connectivity index (χ4n) is 2.30. The highest BCUT2D eigenvalue weighted by Crippen LogP contribution is 2.44. The molecule has 3 aromatic rings. The van der Waals surface area contributed by atoms with Crippen molar-refractivity contribution in [1.82, 2.24) is 0 Å². The van der Waals surface area contributed by atoms with Gasteiger partial charge in [0.2, 0.25) is 0 Å². The van der Waals surface area contributed by atoms with Gasteiger partial charge in [-0.2, -0.15) is 0 Å². The Hall–Kier alpha value is -2.66. The van der Waals surface area contributed by atoms with Crippen molar-refractivity contribution in [3.05, 3.63) is 48.5 Å². The predicted octanol–water partition coefficient (Wildman–Crippen LogP) is 4.42. The number of carbonyl (C=O) groups excluding carboxylic acids is 2. The molecule has 4 nitrogen and oxygen atoms in total. The van der Waals surface area contributed by atoms with Crippen LogP contribution < -0.4 is 9.47 Å². The van der Waals surface area contributed by atoms with E-state index in [9.17, 15) is 9.59 Å². The molecule has 5 heteroatoms. The van der Waals surface area contributed by atoms with Crippen LogP contribution in [0.25, 0.3) is 20.5 Å². The Morgan fingerprint density at radius 3 is 2.17 bits per heavy atom. The quantitative estimate of drug-likeness (QED) is 0.528. The monoisotopic (exact) mass is 326 g/mol. The topological polar surface area (TPSA) is 52.6 Å². The highest BCUT2D eigenvalue weighted by Gasteiger charge is 2.16. The number of fused-ring (bicyclic) bond motifs is 1. The van der Waals surface area contributed by atoms with Gasteiger partial charge in [0.15, 0.2) is 5.75 Å². The van der Waals surface area contributed by atoms with Gasteiger partial charge < -0.3 is 9.47 Å². The largest absolute Gasteiger partial charge is 0.427 e. The van der Waals surface area contributed by atoms with E-state index in [0.717, 1.165) is 20.5 Å². The second kappa shape index (κ2) is 6.22. The third-order valence-corrected chi connectivity index (χ3v) is 4.37. The maximum atomic E-state index is 11.4. The summed E-state index contributed by atoms with van der Waals surface area (Å²) in [5.74, 6) is 0.335. The van der Waals surface area contributed by atoms with Crippen molar-refractivity contribution in [2.75, 3.05) is 0 Å². The molecule has 0 aliphatic heterocycles. The molecule has 0 saturated heterocycles. The Labute approximate surface area is 137 Å². The number of benzene rings is 2. The molecule has 0 atom stereocenters. The zero-order chi connectivity index (χ0) is 16.4. The fraction of sp³-hybridized carbons (Fsp3) is 0.111. The molecule has 0 fully saturated rings. The molecule has 0 bridgehead atoms. The molecule has 0 saturated carbocycles. The van der Waals surface area contributed by atoms with Crippen molar-refractivity contribution in [2.24, 2.45) is 0 Å². The summed E-state index contributed by atoms with van der Waals surface area (Å²) in [5, 5.41) is 0.909. The maximum absolute atomic E-state index is 11.4. The Balaban J connectivity index is 2.07. The normalized spacial score (nSPS) is 10.5. The van der Waals surface area contributed by atoms with E-state index < -0.39 is 0 Å². The fourth-order valence-corrected chi connectivity index (χ4v) is 3.43. The highest BCUT2D eigenvalue weighted by molar-refractivity contribution is 7.22. The molecular weight excluding hydrogens is 312 g/mol. The van der Waals surface area contributed by atoms with Crippen molar-refractivity contribution >= 4 is 33.4 Å². The average molecular weight is 326 g/mol. The maximum Gasteiger partial charge on any atom is 0.308 e. The van der Waals surface area contributed by atoms with Crippen LogP contribution in [0.15, 0.2) is 48.5 Å². The van der Waals surface area contributed by atoms with Gasteiger partial charge in [0, 0.05) is 23.9 Å². The summed E-state index contributed by atoms with van der Waals surface area (Å²) in [6.45, 7) is 2.75. The Bertz CT molecular complexity index is 878. The van der Waals surface area contributed by atoms with Crippen LogP contribution >= 0.6 is 11.3 Å². The number of esters is 2. The molecule has 1 heterocycles. The second-order valence-electron chi connectivity index (χ2n) is 4.97. The lowest BCUT2D eigenvalue weighted by atomic mass is 10.1. The summed E-state index contributed by atoms with van der Waals surface area (Å²) in [7, 11) is 0. The van der Waals surface area contributed by atoms with E-state index in [1.165, 1.54) is 13.8 Å². The third-order valence-electron chi connectivity index (χ3n) is 3.17. The van der Waals surface area contributed by atoms with Crippen molar-refractivity contribution in [3.8, 4) is 21.9 Å². The molecule has 2 aromatic carbocycles. The van der Waals surface area contributed by atoms with Gasteiger partial charge in [-0.25, -0.2) is 0 Å². The first-order valence-electron chi connectivity index (χ1n) is 7.03. The van der Waals surface area contributed by atoms with E-state index >= 15 is 0 Å². The Morgan fingerprint density at radius 2 is 1.52 bits per heavy atom. The highest BCUT2D eigenvalue weighted by atomic mass is 32.1. The number of hydrogen-bond acceptors (Lipinski definition) is 5. The van der Waals surface area contributed by atoms with Crippen molar-refractivity contribution < 1.29 is 19.1 Å². The minimum Gasteiger partial charge on any atom is -0.427 e. The summed E-state index contributed by atoms with van der Waals surface area (Å²) in [6.07, 6.45) is 0. The van der Waals surface area contributed by atoms with Crippen LogP contribution in [0.1, 0.15) is 13.8 Å². The lowest BCUT2D eigenvalue weighted by Crippen LogP contribution is -2.02. The first kappa shape index (κ1) is 15.2. The van der Waals surface area contributed by atoms with Gasteiger partial charge in [-0.3, -0.25) is 9.59 Å². The number of thiophene rings is 1. The van der Waals surface area contributed by atoms with E-state index in [2.05, 4.69) is 0 Å². The molecule has 116 valence electrons. The second-order valence-corrected chi connectivity index (χ2v) is 6.02. The van der Waals surface area contributed by atoms with E-state index in [1.807, 2.05) is 36.4 Å². The van der Waals surface area contributed by atoms with E-state index in [1.54, 1.807) is 23.5 Å². The Morgan fingerprint density at radius 1 is 0.870 bits per heavy atom. The van der Waals surface area contributed by atoms with Crippen LogP contribution in [0, 0.1) is 0 Å². The smallest absolute Gasteiger partial charge is 0.308 e. The average Bonchev–Trinajstić information content (AvgIpc) is 2.86. The van der Waals surface area contributed by atoms with Gasteiger partial charge in [0.05, 0.1) is 4.88 Å². The molecule has 0 unspecified atom stereocenters. The number of ether oxygens (including phenoxy) is 2. The van der Waals surface area contributed by atoms with Gasteiger partial charge in [-0.15, -0.1) is 11.3 Å². The summed E-state index contributed by atoms with van der Waals surface area (Å²) in [4.78, 5) is 23.3. The summed E-state index contributed by atoms with van der Waals surface area (Å²) >= 11 is 1.55. The van der Waals surface area contributed by atoms with Crippen molar-refractivity contribution in [2.45, 2.75) is 13.8 Å². The van der Waals surface area contributed by atoms with E-state index in [-0.39, 0.29) is 11.9 Å². The molecule has 3 rings (SSSR count). The lowest BCUT2D eigenvalue weighted by molar-refractivity contribution is -0.132. The number of rotatable bonds is 3. The van der Waals surface area contributed by atoms with Crippen LogP contribution in [0.5, 0.6) is 11.5 Å². The predicted molar refractivity (Wildman–Crippen MR) is 89.9 cm³/mol. The van der Waals surface area contributed by atoms with Crippen LogP contribution in [0.2, 0.25) is 0 Å². The van der Waals surface area contributed by atoms with E-state index in [0.29, 0.717) is 11.5 Å². The molecule has 0 spiro atoms. The SMILES string of the molecule is CC(=O)Oc1ccc(-c2sc3ccccc3c2OC(C)=O)cc1. The van der Waals surface area contributed by atoms with E-state index in [4.69, 9.17) is 9.47 Å². The van der Waals surface area contributed by atoms with Crippen molar-refractivity contribution in [1.29, 1.82) is 0 Å². The van der Waals surface area contributed by atoms with Crippen molar-refractivity contribution in [3.63, 3.8) is 0 Å². The number of carbonyl (C=O) groups is 2. The molecular formula is C18H14O4S. The van der Waals surface area contributed by atoms with Crippen LogP contribution in [-0.2, 0) is 9.59 Å². The zero-order valence-electron chi connectivity index (χ0n) is 12.7. The standard InChI is InChI=1S/C18H14O4S/c1-11(19)21-14-9-7-13(8-10-14)18-17(22-12(2)20)15-5-3-4-6-16(15)23-18/h3-10H,1-2H3. The molecule has 0 amide bonds. The number of hydrogen-bond donors (Lipinski definition) is 0. The summed E-state index contributed by atoms with van der Waals surface area (Å²) < 4.78 is 11.5. The first-order chi connectivity index (χ1) is 11.0. The van der Waals surface area contributed by atoms with Crippen LogP contribution in [0.3, 0.4) is 0 Å².